The van der Waals surface area contributed by atoms with Gasteiger partial charge in [-0.25, -0.2) is 4.72 Å². The molecular formula is C12H22N2O4S. The maximum atomic E-state index is 12.1. The van der Waals surface area contributed by atoms with Crippen LogP contribution in [0.2, 0.25) is 0 Å². The van der Waals surface area contributed by atoms with Crippen LogP contribution in [0.5, 0.6) is 0 Å². The summed E-state index contributed by atoms with van der Waals surface area (Å²) in [5, 5.41) is 8.97. The minimum absolute atomic E-state index is 0.0914. The first-order chi connectivity index (χ1) is 8.99. The van der Waals surface area contributed by atoms with E-state index in [0.29, 0.717) is 31.8 Å². The lowest BCUT2D eigenvalue weighted by Crippen LogP contribution is -2.47. The quantitative estimate of drug-likeness (QED) is 0.758. The van der Waals surface area contributed by atoms with Crippen molar-refractivity contribution in [3.8, 4) is 0 Å². The Hall–Kier alpha value is -0.660. The number of carboxylic acids is 1. The molecule has 0 aromatic carbocycles. The van der Waals surface area contributed by atoms with Crippen LogP contribution in [0.3, 0.4) is 0 Å². The molecule has 2 fully saturated rings. The third-order valence-electron chi connectivity index (χ3n) is 4.14. The average molecular weight is 290 g/mol. The molecule has 0 amide bonds. The molecule has 1 aliphatic carbocycles. The first kappa shape index (κ1) is 14.7. The predicted octanol–water partition coefficient (Wildman–Crippen LogP) is 0.808. The smallest absolute Gasteiger partial charge is 0.307 e. The first-order valence-corrected chi connectivity index (χ1v) is 8.40. The van der Waals surface area contributed by atoms with Gasteiger partial charge in [-0.1, -0.05) is 19.3 Å². The number of hydrogen-bond acceptors (Lipinski definition) is 3. The van der Waals surface area contributed by atoms with Crippen molar-refractivity contribution in [3.05, 3.63) is 0 Å². The largest absolute Gasteiger partial charge is 0.481 e. The highest BCUT2D eigenvalue weighted by Gasteiger charge is 2.32. The van der Waals surface area contributed by atoms with Crippen LogP contribution in [0.4, 0.5) is 0 Å². The maximum absolute atomic E-state index is 12.1. The highest BCUT2D eigenvalue weighted by atomic mass is 32.2. The summed E-state index contributed by atoms with van der Waals surface area (Å²) in [7, 11) is -3.51. The minimum Gasteiger partial charge on any atom is -0.481 e. The maximum Gasteiger partial charge on any atom is 0.307 e. The van der Waals surface area contributed by atoms with Crippen LogP contribution in [0, 0.1) is 11.8 Å². The van der Waals surface area contributed by atoms with E-state index in [1.807, 2.05) is 0 Å². The number of rotatable bonds is 6. The van der Waals surface area contributed by atoms with Gasteiger partial charge in [-0.15, -0.1) is 0 Å². The second kappa shape index (κ2) is 6.19. The van der Waals surface area contributed by atoms with Crippen molar-refractivity contribution in [2.24, 2.45) is 11.8 Å². The number of aliphatic carboxylic acids is 1. The molecule has 1 unspecified atom stereocenters. The van der Waals surface area contributed by atoms with E-state index in [2.05, 4.69) is 4.72 Å². The van der Waals surface area contributed by atoms with Crippen molar-refractivity contribution in [3.63, 3.8) is 0 Å². The second-order valence-corrected chi connectivity index (χ2v) is 7.28. The molecule has 110 valence electrons. The molecule has 0 bridgehead atoms. The monoisotopic (exact) mass is 290 g/mol. The van der Waals surface area contributed by atoms with Gasteiger partial charge in [-0.2, -0.15) is 12.7 Å². The Balaban J connectivity index is 1.81. The van der Waals surface area contributed by atoms with Gasteiger partial charge >= 0.3 is 5.97 Å². The van der Waals surface area contributed by atoms with E-state index in [1.54, 1.807) is 0 Å². The Morgan fingerprint density at radius 3 is 2.58 bits per heavy atom. The molecule has 0 radical (unpaired) electrons. The summed E-state index contributed by atoms with van der Waals surface area (Å²) in [6, 6.07) is 0. The van der Waals surface area contributed by atoms with Crippen LogP contribution in [0.1, 0.15) is 38.5 Å². The fourth-order valence-corrected chi connectivity index (χ4v) is 3.93. The summed E-state index contributed by atoms with van der Waals surface area (Å²) in [5.41, 5.74) is 0. The van der Waals surface area contributed by atoms with Gasteiger partial charge in [0.1, 0.15) is 0 Å². The molecule has 7 heteroatoms. The normalized spacial score (nSPS) is 26.0. The summed E-state index contributed by atoms with van der Waals surface area (Å²) in [6.45, 7) is 0.970. The van der Waals surface area contributed by atoms with Gasteiger partial charge in [0.2, 0.25) is 0 Å². The molecule has 2 rings (SSSR count). The van der Waals surface area contributed by atoms with Gasteiger partial charge < -0.3 is 5.11 Å². The van der Waals surface area contributed by atoms with Crippen molar-refractivity contribution in [2.45, 2.75) is 38.5 Å². The topological polar surface area (TPSA) is 86.7 Å². The zero-order valence-corrected chi connectivity index (χ0v) is 11.9. The Morgan fingerprint density at radius 2 is 2.00 bits per heavy atom. The first-order valence-electron chi connectivity index (χ1n) is 6.96. The molecule has 1 aliphatic heterocycles. The van der Waals surface area contributed by atoms with Gasteiger partial charge in [0.05, 0.1) is 5.92 Å². The zero-order valence-electron chi connectivity index (χ0n) is 11.0. The minimum atomic E-state index is -3.51. The summed E-state index contributed by atoms with van der Waals surface area (Å²) in [5.74, 6) is -0.817. The summed E-state index contributed by atoms with van der Waals surface area (Å²) in [4.78, 5) is 10.9. The highest BCUT2D eigenvalue weighted by molar-refractivity contribution is 7.87. The molecule has 1 atom stereocenters. The molecule has 1 heterocycles. The van der Waals surface area contributed by atoms with Crippen molar-refractivity contribution in [1.82, 2.24) is 9.03 Å². The van der Waals surface area contributed by atoms with Crippen LogP contribution in [0.15, 0.2) is 0 Å². The fourth-order valence-electron chi connectivity index (χ4n) is 2.63. The summed E-state index contributed by atoms with van der Waals surface area (Å²) in [6.07, 6.45) is 5.71. The van der Waals surface area contributed by atoms with E-state index in [0.717, 1.165) is 6.42 Å². The number of nitrogens with zero attached hydrogens (tertiary/aromatic N) is 1. The van der Waals surface area contributed by atoms with Crippen LogP contribution in [-0.4, -0.2) is 43.4 Å². The standard InChI is InChI=1S/C12H22N2O4S/c15-12(16)11-5-2-8-14(9-11)19(17,18)13-7-6-10-3-1-4-10/h10-11,13H,1-9H2,(H,15,16). The highest BCUT2D eigenvalue weighted by Crippen LogP contribution is 2.28. The second-order valence-electron chi connectivity index (χ2n) is 5.52. The van der Waals surface area contributed by atoms with Crippen molar-refractivity contribution in [2.75, 3.05) is 19.6 Å². The van der Waals surface area contributed by atoms with E-state index in [4.69, 9.17) is 5.11 Å². The average Bonchev–Trinajstić information content (AvgIpc) is 2.32. The van der Waals surface area contributed by atoms with Gasteiger partial charge in [0.15, 0.2) is 0 Å². The van der Waals surface area contributed by atoms with E-state index < -0.39 is 22.1 Å². The van der Waals surface area contributed by atoms with E-state index in [1.165, 1.54) is 23.6 Å². The van der Waals surface area contributed by atoms with Gasteiger partial charge in [0.25, 0.3) is 10.2 Å². The third-order valence-corrected chi connectivity index (χ3v) is 5.72. The third kappa shape index (κ3) is 3.90. The van der Waals surface area contributed by atoms with E-state index in [9.17, 15) is 13.2 Å². The Bertz CT molecular complexity index is 419. The lowest BCUT2D eigenvalue weighted by molar-refractivity contribution is -0.142. The molecule has 0 aromatic rings. The Labute approximate surface area is 114 Å². The molecule has 6 nitrogen and oxygen atoms in total. The molecule has 2 N–H and O–H groups in total. The summed E-state index contributed by atoms with van der Waals surface area (Å²) >= 11 is 0. The molecule has 1 saturated carbocycles. The zero-order chi connectivity index (χ0) is 13.9. The van der Waals surface area contributed by atoms with Crippen LogP contribution in [0.25, 0.3) is 0 Å². The molecule has 0 spiro atoms. The SMILES string of the molecule is O=C(O)C1CCCN(S(=O)(=O)NCCC2CCC2)C1. The number of carboxylic acid groups (broad SMARTS) is 1. The van der Waals surface area contributed by atoms with Crippen LogP contribution >= 0.6 is 0 Å². The van der Waals surface area contributed by atoms with Crippen LogP contribution in [-0.2, 0) is 15.0 Å². The van der Waals surface area contributed by atoms with Crippen molar-refractivity contribution in [1.29, 1.82) is 0 Å². The van der Waals surface area contributed by atoms with Gasteiger partial charge in [-0.3, -0.25) is 4.79 Å². The number of nitrogens with one attached hydrogen (secondary N) is 1. The lowest BCUT2D eigenvalue weighted by Gasteiger charge is -2.30. The van der Waals surface area contributed by atoms with Crippen LogP contribution < -0.4 is 4.72 Å². The number of piperidine rings is 1. The van der Waals surface area contributed by atoms with Crippen molar-refractivity contribution >= 4 is 16.2 Å². The molecule has 19 heavy (non-hydrogen) atoms. The molecule has 2 aliphatic rings. The molecule has 1 saturated heterocycles. The van der Waals surface area contributed by atoms with E-state index in [-0.39, 0.29) is 6.54 Å². The molecule has 0 aromatic heterocycles. The predicted molar refractivity (Wildman–Crippen MR) is 70.8 cm³/mol. The summed E-state index contributed by atoms with van der Waals surface area (Å²) < 4.78 is 28.0. The Morgan fingerprint density at radius 1 is 1.26 bits per heavy atom. The van der Waals surface area contributed by atoms with Gasteiger partial charge in [0, 0.05) is 19.6 Å². The number of hydrogen-bond donors (Lipinski definition) is 2. The number of carbonyl (C=O) groups is 1. The Kier molecular flexibility index (Phi) is 4.81. The fraction of sp³-hybridized carbons (Fsp3) is 0.917. The lowest BCUT2D eigenvalue weighted by atomic mass is 9.83. The van der Waals surface area contributed by atoms with E-state index >= 15 is 0 Å². The molecular weight excluding hydrogens is 268 g/mol. The van der Waals surface area contributed by atoms with Gasteiger partial charge in [-0.05, 0) is 25.2 Å². The van der Waals surface area contributed by atoms with Crippen molar-refractivity contribution < 1.29 is 18.3 Å².